The van der Waals surface area contributed by atoms with Crippen LogP contribution in [0.1, 0.15) is 57.8 Å². The molecule has 0 aliphatic heterocycles. The number of hydrogen-bond donors (Lipinski definition) is 4. The lowest BCUT2D eigenvalue weighted by Gasteiger charge is -2.28. The number of nitrogens with one attached hydrogen (secondary N) is 1. The third kappa shape index (κ3) is 10.2. The van der Waals surface area contributed by atoms with Crippen molar-refractivity contribution in [2.75, 3.05) is 25.2 Å². The number of aliphatic hydroxyl groups is 3. The van der Waals surface area contributed by atoms with E-state index in [1.165, 1.54) is 32.1 Å². The molecule has 0 rings (SSSR count). The lowest BCUT2D eigenvalue weighted by Crippen LogP contribution is -2.57. The van der Waals surface area contributed by atoms with E-state index in [9.17, 15) is 4.79 Å². The van der Waals surface area contributed by atoms with Gasteiger partial charge in [-0.2, -0.15) is 0 Å². The van der Waals surface area contributed by atoms with Crippen LogP contribution < -0.4 is 5.32 Å². The fourth-order valence-corrected chi connectivity index (χ4v) is 2.46. The largest absolute Gasteiger partial charge is 0.394 e. The lowest BCUT2D eigenvalue weighted by atomic mass is 10.0. The molecule has 1 amide bonds. The molecule has 4 N–H and O–H groups in total. The summed E-state index contributed by atoms with van der Waals surface area (Å²) in [6.45, 7) is -1.42. The van der Waals surface area contributed by atoms with E-state index in [2.05, 4.69) is 21.2 Å². The molecule has 0 aromatic heterocycles. The van der Waals surface area contributed by atoms with Crippen LogP contribution in [0.5, 0.6) is 0 Å². The van der Waals surface area contributed by atoms with Crippen molar-refractivity contribution in [1.29, 1.82) is 0 Å². The number of halogens is 1. The zero-order valence-corrected chi connectivity index (χ0v) is 14.4. The van der Waals surface area contributed by atoms with E-state index < -0.39 is 25.4 Å². The summed E-state index contributed by atoms with van der Waals surface area (Å²) >= 11 is 3.42. The third-order valence-corrected chi connectivity index (χ3v) is 4.16. The van der Waals surface area contributed by atoms with Crippen molar-refractivity contribution in [3.05, 3.63) is 0 Å². The van der Waals surface area contributed by atoms with E-state index >= 15 is 0 Å². The molecule has 0 heterocycles. The number of aliphatic hydroxyl groups excluding tert-OH is 3. The average molecular weight is 368 g/mol. The second-order valence-electron chi connectivity index (χ2n) is 5.57. The van der Waals surface area contributed by atoms with Crippen LogP contribution in [0, 0.1) is 0 Å². The number of rotatable bonds is 14. The van der Waals surface area contributed by atoms with Gasteiger partial charge in [-0.1, -0.05) is 54.5 Å². The zero-order chi connectivity index (χ0) is 16.0. The van der Waals surface area contributed by atoms with Crippen molar-refractivity contribution < 1.29 is 20.1 Å². The van der Waals surface area contributed by atoms with Gasteiger partial charge in [0.25, 0.3) is 0 Å². The summed E-state index contributed by atoms with van der Waals surface area (Å²) < 4.78 is 0. The van der Waals surface area contributed by atoms with Gasteiger partial charge in [0.2, 0.25) is 5.91 Å². The SMILES string of the molecule is O=C(CCCCCCCCCCBr)NC(CO)(CO)CO. The van der Waals surface area contributed by atoms with Crippen molar-refractivity contribution >= 4 is 21.8 Å². The van der Waals surface area contributed by atoms with Gasteiger partial charge in [0.05, 0.1) is 19.8 Å². The molecule has 0 bridgehead atoms. The second-order valence-corrected chi connectivity index (χ2v) is 6.36. The Bertz CT molecular complexity index is 252. The normalized spacial score (nSPS) is 11.6. The van der Waals surface area contributed by atoms with Gasteiger partial charge in [0, 0.05) is 11.8 Å². The molecule has 0 aliphatic rings. The predicted molar refractivity (Wildman–Crippen MR) is 87.5 cm³/mol. The van der Waals surface area contributed by atoms with Crippen LogP contribution in [0.15, 0.2) is 0 Å². The fourth-order valence-electron chi connectivity index (χ4n) is 2.07. The number of amides is 1. The number of unbranched alkanes of at least 4 members (excludes halogenated alkanes) is 7. The highest BCUT2D eigenvalue weighted by atomic mass is 79.9. The highest BCUT2D eigenvalue weighted by Crippen LogP contribution is 2.11. The minimum atomic E-state index is -1.30. The van der Waals surface area contributed by atoms with Gasteiger partial charge >= 0.3 is 0 Å². The molecular formula is C15H30BrNO4. The summed E-state index contributed by atoms with van der Waals surface area (Å²) in [5.74, 6) is -0.232. The number of alkyl halides is 1. The smallest absolute Gasteiger partial charge is 0.220 e. The first kappa shape index (κ1) is 20.8. The van der Waals surface area contributed by atoms with E-state index in [1.807, 2.05) is 0 Å². The van der Waals surface area contributed by atoms with Crippen molar-refractivity contribution in [3.63, 3.8) is 0 Å². The molecule has 0 radical (unpaired) electrons. The summed E-state index contributed by atoms with van der Waals surface area (Å²) in [6.07, 6.45) is 9.55. The van der Waals surface area contributed by atoms with Crippen molar-refractivity contribution in [1.82, 2.24) is 5.32 Å². The van der Waals surface area contributed by atoms with Crippen LogP contribution >= 0.6 is 15.9 Å². The van der Waals surface area contributed by atoms with Gasteiger partial charge in [-0.25, -0.2) is 0 Å². The lowest BCUT2D eigenvalue weighted by molar-refractivity contribution is -0.125. The van der Waals surface area contributed by atoms with E-state index in [4.69, 9.17) is 15.3 Å². The number of carbonyl (C=O) groups excluding carboxylic acids is 1. The molecule has 0 fully saturated rings. The molecular weight excluding hydrogens is 338 g/mol. The summed E-state index contributed by atoms with van der Waals surface area (Å²) in [4.78, 5) is 11.7. The Morgan fingerprint density at radius 2 is 1.24 bits per heavy atom. The Kier molecular flexibility index (Phi) is 13.4. The Morgan fingerprint density at radius 1 is 0.810 bits per heavy atom. The van der Waals surface area contributed by atoms with Crippen LogP contribution in [0.3, 0.4) is 0 Å². The molecule has 0 saturated heterocycles. The molecule has 0 aromatic rings. The summed E-state index contributed by atoms with van der Waals surface area (Å²) in [6, 6.07) is 0. The molecule has 6 heteroatoms. The van der Waals surface area contributed by atoms with Crippen LogP contribution in [0.25, 0.3) is 0 Å². The van der Waals surface area contributed by atoms with Gasteiger partial charge in [-0.15, -0.1) is 0 Å². The van der Waals surface area contributed by atoms with Crippen LogP contribution in [-0.4, -0.2) is 51.9 Å². The van der Waals surface area contributed by atoms with Gasteiger partial charge in [-0.3, -0.25) is 4.79 Å². The van der Waals surface area contributed by atoms with Crippen LogP contribution in [0.4, 0.5) is 0 Å². The number of hydrogen-bond acceptors (Lipinski definition) is 4. The molecule has 0 unspecified atom stereocenters. The minimum Gasteiger partial charge on any atom is -0.394 e. The van der Waals surface area contributed by atoms with E-state index in [0.29, 0.717) is 6.42 Å². The first-order valence-corrected chi connectivity index (χ1v) is 8.96. The Labute approximate surface area is 136 Å². The van der Waals surface area contributed by atoms with E-state index in [-0.39, 0.29) is 5.91 Å². The van der Waals surface area contributed by atoms with E-state index in [0.717, 1.165) is 24.6 Å². The van der Waals surface area contributed by atoms with Crippen molar-refractivity contribution in [2.45, 2.75) is 63.3 Å². The van der Waals surface area contributed by atoms with E-state index in [1.54, 1.807) is 0 Å². The summed E-state index contributed by atoms with van der Waals surface area (Å²) in [5.41, 5.74) is -1.30. The summed E-state index contributed by atoms with van der Waals surface area (Å²) in [5, 5.41) is 30.9. The molecule has 0 aliphatic carbocycles. The first-order valence-electron chi connectivity index (χ1n) is 7.83. The maximum absolute atomic E-state index is 11.7. The predicted octanol–water partition coefficient (Wildman–Crippen LogP) is 1.72. The first-order chi connectivity index (χ1) is 10.1. The molecule has 126 valence electrons. The standard InChI is InChI=1S/C15H30BrNO4/c16-10-8-6-4-2-1-3-5-7-9-14(21)17-15(11-18,12-19)13-20/h18-20H,1-13H2,(H,17,21). The van der Waals surface area contributed by atoms with Crippen LogP contribution in [-0.2, 0) is 4.79 Å². The minimum absolute atomic E-state index is 0.232. The van der Waals surface area contributed by atoms with Gasteiger partial charge in [0.1, 0.15) is 5.54 Å². The average Bonchev–Trinajstić information content (AvgIpc) is 2.51. The molecule has 21 heavy (non-hydrogen) atoms. The Hall–Kier alpha value is -0.170. The van der Waals surface area contributed by atoms with Crippen molar-refractivity contribution in [3.8, 4) is 0 Å². The quantitative estimate of drug-likeness (QED) is 0.278. The highest BCUT2D eigenvalue weighted by molar-refractivity contribution is 9.09. The Morgan fingerprint density at radius 3 is 1.67 bits per heavy atom. The second kappa shape index (κ2) is 13.5. The van der Waals surface area contributed by atoms with Gasteiger partial charge in [0.15, 0.2) is 0 Å². The molecule has 0 atom stereocenters. The monoisotopic (exact) mass is 367 g/mol. The molecule has 0 spiro atoms. The summed E-state index contributed by atoms with van der Waals surface area (Å²) in [7, 11) is 0. The molecule has 5 nitrogen and oxygen atoms in total. The zero-order valence-electron chi connectivity index (χ0n) is 12.8. The van der Waals surface area contributed by atoms with Crippen LogP contribution in [0.2, 0.25) is 0 Å². The third-order valence-electron chi connectivity index (χ3n) is 3.60. The maximum atomic E-state index is 11.7. The topological polar surface area (TPSA) is 89.8 Å². The maximum Gasteiger partial charge on any atom is 0.220 e. The van der Waals surface area contributed by atoms with Gasteiger partial charge < -0.3 is 20.6 Å². The van der Waals surface area contributed by atoms with Crippen molar-refractivity contribution in [2.24, 2.45) is 0 Å². The van der Waals surface area contributed by atoms with Gasteiger partial charge in [-0.05, 0) is 12.8 Å². The Balaban J connectivity index is 3.58. The fraction of sp³-hybridized carbons (Fsp3) is 0.933. The number of carbonyl (C=O) groups is 1. The molecule has 0 saturated carbocycles. The highest BCUT2D eigenvalue weighted by Gasteiger charge is 2.29. The molecule has 0 aromatic carbocycles.